The van der Waals surface area contributed by atoms with Crippen LogP contribution in [0.15, 0.2) is 35.4 Å². The van der Waals surface area contributed by atoms with E-state index in [9.17, 15) is 4.79 Å². The fourth-order valence-corrected chi connectivity index (χ4v) is 4.22. The summed E-state index contributed by atoms with van der Waals surface area (Å²) in [6.45, 7) is 1.46. The van der Waals surface area contributed by atoms with E-state index in [0.29, 0.717) is 39.3 Å². The van der Waals surface area contributed by atoms with E-state index in [-0.39, 0.29) is 5.91 Å². The molecule has 0 radical (unpaired) electrons. The summed E-state index contributed by atoms with van der Waals surface area (Å²) in [4.78, 5) is 12.3. The van der Waals surface area contributed by atoms with E-state index >= 15 is 0 Å². The number of methoxy groups -OCH3 is 4. The monoisotopic (exact) mass is 417 g/mol. The minimum atomic E-state index is -0.435. The number of nitrogen functional groups attached to an aromatic ring is 1. The molecule has 0 bridgehead atoms. The van der Waals surface area contributed by atoms with Gasteiger partial charge in [-0.3, -0.25) is 4.79 Å². The number of nitrogens with zero attached hydrogens (tertiary/aromatic N) is 2. The Bertz CT molecular complexity index is 963. The summed E-state index contributed by atoms with van der Waals surface area (Å²) in [5.41, 5.74) is 8.25. The van der Waals surface area contributed by atoms with E-state index in [2.05, 4.69) is 5.10 Å². The van der Waals surface area contributed by atoms with Gasteiger partial charge in [-0.05, 0) is 24.3 Å². The number of hydrogen-bond donors (Lipinski definition) is 1. The summed E-state index contributed by atoms with van der Waals surface area (Å²) in [5.74, 6) is 2.04. The van der Waals surface area contributed by atoms with E-state index in [0.717, 1.165) is 5.56 Å². The summed E-state index contributed by atoms with van der Waals surface area (Å²) in [5, 5.41) is 6.17. The highest BCUT2D eigenvalue weighted by atomic mass is 32.2. The van der Waals surface area contributed by atoms with Crippen molar-refractivity contribution in [2.45, 2.75) is 12.3 Å². The molecule has 2 aromatic carbocycles. The summed E-state index contributed by atoms with van der Waals surface area (Å²) >= 11 is 1.42. The maximum Gasteiger partial charge on any atom is 0.240 e. The lowest BCUT2D eigenvalue weighted by Gasteiger charge is -2.22. The molecule has 2 aromatic rings. The van der Waals surface area contributed by atoms with Crippen LogP contribution < -0.4 is 24.7 Å². The molecule has 0 saturated carbocycles. The number of hydrazone groups is 1. The van der Waals surface area contributed by atoms with Gasteiger partial charge in [-0.2, -0.15) is 5.10 Å². The first-order chi connectivity index (χ1) is 13.9. The Labute approximate surface area is 173 Å². The summed E-state index contributed by atoms with van der Waals surface area (Å²) in [7, 11) is 6.24. The van der Waals surface area contributed by atoms with Gasteiger partial charge in [0.1, 0.15) is 10.4 Å². The average molecular weight is 417 g/mol. The Morgan fingerprint density at radius 3 is 2.14 bits per heavy atom. The normalized spacial score (nSPS) is 15.7. The van der Waals surface area contributed by atoms with Gasteiger partial charge in [0.05, 0.1) is 28.4 Å². The van der Waals surface area contributed by atoms with Gasteiger partial charge in [-0.15, -0.1) is 0 Å². The molecule has 1 atom stereocenters. The molecule has 0 spiro atoms. The third-order valence-corrected chi connectivity index (χ3v) is 5.67. The second-order valence-electron chi connectivity index (χ2n) is 6.14. The van der Waals surface area contributed by atoms with Crippen LogP contribution in [0.25, 0.3) is 0 Å². The fourth-order valence-electron chi connectivity index (χ4n) is 2.98. The van der Waals surface area contributed by atoms with E-state index < -0.39 is 5.37 Å². The van der Waals surface area contributed by atoms with Crippen molar-refractivity contribution in [3.63, 3.8) is 0 Å². The third kappa shape index (κ3) is 3.91. The molecule has 0 aliphatic carbocycles. The Hall–Kier alpha value is -3.07. The van der Waals surface area contributed by atoms with Gasteiger partial charge in [0.15, 0.2) is 23.0 Å². The van der Waals surface area contributed by atoms with Crippen LogP contribution in [0, 0.1) is 0 Å². The molecule has 1 aliphatic rings. The van der Waals surface area contributed by atoms with E-state index in [1.807, 2.05) is 12.1 Å². The summed E-state index contributed by atoms with van der Waals surface area (Å²) in [6.07, 6.45) is 0. The van der Waals surface area contributed by atoms with Crippen molar-refractivity contribution in [1.82, 2.24) is 5.01 Å². The lowest BCUT2D eigenvalue weighted by Crippen LogP contribution is -2.23. The largest absolute Gasteiger partial charge is 0.493 e. The van der Waals surface area contributed by atoms with Crippen LogP contribution in [-0.4, -0.2) is 44.4 Å². The quantitative estimate of drug-likeness (QED) is 0.721. The first-order valence-electron chi connectivity index (χ1n) is 8.72. The minimum Gasteiger partial charge on any atom is -0.493 e. The second-order valence-corrected chi connectivity index (χ2v) is 7.21. The average Bonchev–Trinajstić information content (AvgIpc) is 3.18. The number of thioether (sulfide) groups is 1. The molecule has 9 heteroatoms. The number of ether oxygens (including phenoxy) is 4. The molecule has 2 N–H and O–H groups in total. The van der Waals surface area contributed by atoms with Crippen LogP contribution >= 0.6 is 11.8 Å². The minimum absolute atomic E-state index is 0.202. The van der Waals surface area contributed by atoms with Crippen LogP contribution in [0.5, 0.6) is 23.0 Å². The fraction of sp³-hybridized carbons (Fsp3) is 0.300. The molecule has 3 rings (SSSR count). The van der Waals surface area contributed by atoms with E-state index in [1.165, 1.54) is 23.7 Å². The van der Waals surface area contributed by atoms with Crippen LogP contribution in [-0.2, 0) is 4.79 Å². The van der Waals surface area contributed by atoms with Gasteiger partial charge in [0, 0.05) is 29.8 Å². The lowest BCUT2D eigenvalue weighted by atomic mass is 10.1. The molecule has 0 aromatic heterocycles. The number of amides is 1. The maximum atomic E-state index is 12.3. The van der Waals surface area contributed by atoms with Crippen molar-refractivity contribution < 1.29 is 23.7 Å². The first-order valence-corrected chi connectivity index (χ1v) is 9.60. The van der Waals surface area contributed by atoms with Crippen molar-refractivity contribution in [1.29, 1.82) is 0 Å². The first kappa shape index (κ1) is 20.7. The van der Waals surface area contributed by atoms with Crippen LogP contribution in [0.4, 0.5) is 5.69 Å². The number of carbonyl (C=O) groups excluding carboxylic acids is 1. The molecule has 1 amide bonds. The van der Waals surface area contributed by atoms with Gasteiger partial charge >= 0.3 is 0 Å². The molecule has 1 aliphatic heterocycles. The summed E-state index contributed by atoms with van der Waals surface area (Å²) in [6, 6.07) is 8.94. The van der Waals surface area contributed by atoms with Crippen molar-refractivity contribution in [3.05, 3.63) is 41.5 Å². The van der Waals surface area contributed by atoms with Crippen molar-refractivity contribution in [2.75, 3.05) is 34.2 Å². The van der Waals surface area contributed by atoms with Gasteiger partial charge in [0.2, 0.25) is 5.91 Å². The molecular formula is C20H23N3O5S. The molecular weight excluding hydrogens is 394 g/mol. The number of hydrogen-bond acceptors (Lipinski definition) is 8. The number of carbonyl (C=O) groups is 1. The Morgan fingerprint density at radius 2 is 1.55 bits per heavy atom. The van der Waals surface area contributed by atoms with Crippen LogP contribution in [0.3, 0.4) is 0 Å². The third-order valence-electron chi connectivity index (χ3n) is 4.45. The smallest absolute Gasteiger partial charge is 0.240 e. The maximum absolute atomic E-state index is 12.3. The van der Waals surface area contributed by atoms with Crippen molar-refractivity contribution in [3.8, 4) is 23.0 Å². The van der Waals surface area contributed by atoms with Gasteiger partial charge in [0.25, 0.3) is 0 Å². The van der Waals surface area contributed by atoms with Crippen LogP contribution in [0.1, 0.15) is 23.4 Å². The van der Waals surface area contributed by atoms with E-state index in [1.54, 1.807) is 46.6 Å². The topological polar surface area (TPSA) is 95.6 Å². The zero-order valence-electron chi connectivity index (χ0n) is 16.9. The highest BCUT2D eigenvalue weighted by Crippen LogP contribution is 2.46. The van der Waals surface area contributed by atoms with Gasteiger partial charge < -0.3 is 24.7 Å². The van der Waals surface area contributed by atoms with Crippen LogP contribution in [0.2, 0.25) is 0 Å². The standard InChI is InChI=1S/C20H23N3O5S/c1-11(24)23-20(13-9-17(27-4)18(28-5)10-14(13)21)29-19(22-23)12-6-7-15(25-2)16(8-12)26-3/h6-10,20H,21H2,1-5H3/t20-/m1/s1. The number of rotatable bonds is 6. The molecule has 0 fully saturated rings. The van der Waals surface area contributed by atoms with Gasteiger partial charge in [-0.1, -0.05) is 11.8 Å². The Kier molecular flexibility index (Phi) is 6.07. The van der Waals surface area contributed by atoms with Crippen molar-refractivity contribution >= 4 is 28.4 Å². The zero-order chi connectivity index (χ0) is 21.1. The van der Waals surface area contributed by atoms with Crippen molar-refractivity contribution in [2.24, 2.45) is 5.10 Å². The van der Waals surface area contributed by atoms with Gasteiger partial charge in [-0.25, -0.2) is 5.01 Å². The molecule has 1 heterocycles. The molecule has 0 unspecified atom stereocenters. The second kappa shape index (κ2) is 8.52. The number of benzene rings is 2. The number of anilines is 1. The predicted molar refractivity (Wildman–Crippen MR) is 113 cm³/mol. The zero-order valence-corrected chi connectivity index (χ0v) is 17.7. The van der Waals surface area contributed by atoms with E-state index in [4.69, 9.17) is 24.7 Å². The molecule has 154 valence electrons. The lowest BCUT2D eigenvalue weighted by molar-refractivity contribution is -0.129. The predicted octanol–water partition coefficient (Wildman–Crippen LogP) is 3.26. The highest BCUT2D eigenvalue weighted by Gasteiger charge is 2.34. The molecule has 0 saturated heterocycles. The molecule has 29 heavy (non-hydrogen) atoms. The summed E-state index contributed by atoms with van der Waals surface area (Å²) < 4.78 is 21.4. The SMILES string of the molecule is COc1ccc(C2=NN(C(C)=O)[C@@H](c3cc(OC)c(OC)cc3N)S2)cc1OC. The number of nitrogens with two attached hydrogens (primary N) is 1. The highest BCUT2D eigenvalue weighted by molar-refractivity contribution is 8.14. The molecule has 8 nitrogen and oxygen atoms in total. The Morgan fingerprint density at radius 1 is 0.966 bits per heavy atom. The Balaban J connectivity index is 2.01.